The van der Waals surface area contributed by atoms with E-state index in [1.165, 1.54) is 0 Å². The number of dihydropyridines is 1. The number of ether oxygens (including phenoxy) is 4. The third kappa shape index (κ3) is 6.07. The number of rotatable bonds is 10. The number of esters is 2. The highest BCUT2D eigenvalue weighted by atomic mass is 16.5. The van der Waals surface area contributed by atoms with Crippen molar-refractivity contribution in [3.8, 4) is 11.5 Å². The minimum absolute atomic E-state index is 0.121. The molecule has 43 heavy (non-hydrogen) atoms. The highest BCUT2D eigenvalue weighted by Gasteiger charge is 2.49. The average Bonchev–Trinajstić information content (AvgIpc) is 3.49. The summed E-state index contributed by atoms with van der Waals surface area (Å²) >= 11 is 0. The molecule has 0 saturated heterocycles. The Morgan fingerprint density at radius 1 is 0.930 bits per heavy atom. The largest absolute Gasteiger partial charge is 0.497 e. The van der Waals surface area contributed by atoms with Gasteiger partial charge in [-0.3, -0.25) is 9.59 Å². The third-order valence-corrected chi connectivity index (χ3v) is 7.69. The van der Waals surface area contributed by atoms with Gasteiger partial charge in [0.1, 0.15) is 35.5 Å². The van der Waals surface area contributed by atoms with Gasteiger partial charge in [0.25, 0.3) is 0 Å². The Bertz CT molecular complexity index is 1550. The molecule has 3 atom stereocenters. The summed E-state index contributed by atoms with van der Waals surface area (Å²) in [5.74, 6) is -1.77. The van der Waals surface area contributed by atoms with E-state index in [0.29, 0.717) is 46.4 Å². The highest BCUT2D eigenvalue weighted by Crippen LogP contribution is 2.48. The van der Waals surface area contributed by atoms with Gasteiger partial charge in [-0.1, -0.05) is 30.3 Å². The van der Waals surface area contributed by atoms with Crippen molar-refractivity contribution in [1.29, 1.82) is 0 Å². The fourth-order valence-electron chi connectivity index (χ4n) is 5.77. The molecule has 5 rings (SSSR count). The zero-order valence-electron chi connectivity index (χ0n) is 24.7. The van der Waals surface area contributed by atoms with E-state index in [1.54, 1.807) is 64.3 Å². The fourth-order valence-corrected chi connectivity index (χ4v) is 5.77. The lowest BCUT2D eigenvalue weighted by Crippen LogP contribution is -2.43. The van der Waals surface area contributed by atoms with Crippen molar-refractivity contribution in [2.24, 2.45) is 5.92 Å². The molecule has 1 aliphatic heterocycles. The lowest BCUT2D eigenvalue weighted by Gasteiger charge is -2.38. The van der Waals surface area contributed by atoms with Gasteiger partial charge >= 0.3 is 11.9 Å². The van der Waals surface area contributed by atoms with E-state index in [4.69, 9.17) is 23.4 Å². The second-order valence-corrected chi connectivity index (χ2v) is 10.3. The Morgan fingerprint density at radius 2 is 1.63 bits per heavy atom. The summed E-state index contributed by atoms with van der Waals surface area (Å²) < 4.78 is 28.1. The van der Waals surface area contributed by atoms with Gasteiger partial charge in [-0.25, -0.2) is 4.79 Å². The topological polar surface area (TPSA) is 113 Å². The van der Waals surface area contributed by atoms with Crippen LogP contribution in [0, 0.1) is 5.92 Å². The molecule has 0 unspecified atom stereocenters. The molecule has 2 aliphatic rings. The number of Topliss-reactive ketones (excluding diaryl/α,β-unsaturated/α-hetero) is 1. The molecule has 0 spiro atoms. The first-order valence-corrected chi connectivity index (χ1v) is 14.3. The van der Waals surface area contributed by atoms with Gasteiger partial charge < -0.3 is 28.7 Å². The molecule has 0 fully saturated rings. The van der Waals surface area contributed by atoms with Crippen LogP contribution in [0.4, 0.5) is 0 Å². The molecule has 224 valence electrons. The molecule has 9 nitrogen and oxygen atoms in total. The summed E-state index contributed by atoms with van der Waals surface area (Å²) in [4.78, 5) is 41.0. The normalized spacial score (nSPS) is 19.8. The van der Waals surface area contributed by atoms with Crippen molar-refractivity contribution >= 4 is 17.7 Å². The van der Waals surface area contributed by atoms with Crippen molar-refractivity contribution in [1.82, 2.24) is 5.32 Å². The van der Waals surface area contributed by atoms with Crippen LogP contribution in [0.25, 0.3) is 0 Å². The molecule has 2 heterocycles. The Labute approximate surface area is 250 Å². The first kappa shape index (κ1) is 29.7. The molecule has 1 N–H and O–H groups in total. The van der Waals surface area contributed by atoms with Crippen LogP contribution in [-0.2, 0) is 30.5 Å². The van der Waals surface area contributed by atoms with E-state index in [1.807, 2.05) is 30.3 Å². The van der Waals surface area contributed by atoms with Crippen molar-refractivity contribution < 1.29 is 37.7 Å². The van der Waals surface area contributed by atoms with E-state index in [9.17, 15) is 14.4 Å². The molecule has 0 amide bonds. The van der Waals surface area contributed by atoms with Crippen molar-refractivity contribution in [3.63, 3.8) is 0 Å². The molecule has 9 heteroatoms. The summed E-state index contributed by atoms with van der Waals surface area (Å²) in [5, 5.41) is 3.30. The van der Waals surface area contributed by atoms with Crippen molar-refractivity contribution in [2.75, 3.05) is 20.3 Å². The van der Waals surface area contributed by atoms with Crippen LogP contribution in [0.1, 0.15) is 56.1 Å². The Morgan fingerprint density at radius 3 is 2.30 bits per heavy atom. The second kappa shape index (κ2) is 13.0. The van der Waals surface area contributed by atoms with E-state index in [0.717, 1.165) is 5.56 Å². The monoisotopic (exact) mass is 585 g/mol. The first-order valence-electron chi connectivity index (χ1n) is 14.3. The lowest BCUT2D eigenvalue weighted by molar-refractivity contribution is -0.152. The van der Waals surface area contributed by atoms with Crippen LogP contribution in [0.2, 0.25) is 0 Å². The van der Waals surface area contributed by atoms with Crippen molar-refractivity contribution in [2.45, 2.75) is 45.6 Å². The molecular weight excluding hydrogens is 550 g/mol. The molecule has 0 radical (unpaired) electrons. The Balaban J connectivity index is 1.54. The zero-order chi connectivity index (χ0) is 30.5. The second-order valence-electron chi connectivity index (χ2n) is 10.3. The molecule has 0 saturated carbocycles. The zero-order valence-corrected chi connectivity index (χ0v) is 24.7. The van der Waals surface area contributed by atoms with E-state index < -0.39 is 35.5 Å². The summed E-state index contributed by atoms with van der Waals surface area (Å²) in [7, 11) is 1.59. The van der Waals surface area contributed by atoms with Crippen LogP contribution in [0.15, 0.2) is 93.7 Å². The molecule has 0 bridgehead atoms. The quantitative estimate of drug-likeness (QED) is 0.241. The number of hydrogen-bond donors (Lipinski definition) is 1. The molecule has 3 aromatic rings. The van der Waals surface area contributed by atoms with Gasteiger partial charge in [-0.2, -0.15) is 0 Å². The van der Waals surface area contributed by atoms with E-state index in [2.05, 4.69) is 5.32 Å². The number of ketones is 1. The summed E-state index contributed by atoms with van der Waals surface area (Å²) in [5.41, 5.74) is 2.61. The number of furan rings is 1. The molecular formula is C34H35NO8. The van der Waals surface area contributed by atoms with Crippen LogP contribution in [0.5, 0.6) is 11.5 Å². The predicted octanol–water partition coefficient (Wildman–Crippen LogP) is 5.58. The van der Waals surface area contributed by atoms with Gasteiger partial charge in [0.15, 0.2) is 5.78 Å². The molecule has 1 aromatic heterocycles. The standard InChI is InChI=1S/C34H35NO8/c1-5-40-33(37)28-20(3)35-26-18-25(21-10-8-7-9-11-21)29(34(38)41-6-2)32(36)30(26)31(28)27-17-16-24(43-27)19-42-23-14-12-22(39-4)13-15-23/h7-17,25,29,31,35H,5-6,18-19H2,1-4H3/t25-,29-,31+/m0/s1. The van der Waals surface area contributed by atoms with Crippen LogP contribution < -0.4 is 14.8 Å². The summed E-state index contributed by atoms with van der Waals surface area (Å²) in [6.07, 6.45) is 0.368. The molecule has 1 aliphatic carbocycles. The minimum atomic E-state index is -1.08. The average molecular weight is 586 g/mol. The number of methoxy groups -OCH3 is 1. The minimum Gasteiger partial charge on any atom is -0.497 e. The number of benzene rings is 2. The maximum atomic E-state index is 14.4. The number of hydrogen-bond acceptors (Lipinski definition) is 9. The van der Waals surface area contributed by atoms with Crippen molar-refractivity contribution in [3.05, 3.63) is 106 Å². The van der Waals surface area contributed by atoms with Gasteiger partial charge in [-0.15, -0.1) is 0 Å². The van der Waals surface area contributed by atoms with E-state index in [-0.39, 0.29) is 25.4 Å². The van der Waals surface area contributed by atoms with E-state index >= 15 is 0 Å². The Hall–Kier alpha value is -4.79. The number of nitrogens with one attached hydrogen (secondary N) is 1. The van der Waals surface area contributed by atoms with Gasteiger partial charge in [-0.05, 0) is 69.2 Å². The maximum absolute atomic E-state index is 14.4. The summed E-state index contributed by atoms with van der Waals surface area (Å²) in [6.45, 7) is 5.62. The lowest BCUT2D eigenvalue weighted by atomic mass is 9.68. The SMILES string of the molecule is CCOC(=O)C1=C(C)NC2=C(C(=O)[C@@H](C(=O)OCC)[C@H](c3ccccc3)C2)[C@@H]1c1ccc(COc2ccc(OC)cc2)o1. The molecule has 2 aromatic carbocycles. The van der Waals surface area contributed by atoms with Gasteiger partial charge in [0, 0.05) is 22.9 Å². The first-order chi connectivity index (χ1) is 20.9. The van der Waals surface area contributed by atoms with Crippen LogP contribution in [-0.4, -0.2) is 38.0 Å². The van der Waals surface area contributed by atoms with Gasteiger partial charge in [0.2, 0.25) is 0 Å². The maximum Gasteiger partial charge on any atom is 0.336 e. The van der Waals surface area contributed by atoms with Crippen LogP contribution in [0.3, 0.4) is 0 Å². The highest BCUT2D eigenvalue weighted by molar-refractivity contribution is 6.13. The third-order valence-electron chi connectivity index (χ3n) is 7.69. The van der Waals surface area contributed by atoms with Gasteiger partial charge in [0.05, 0.1) is 31.8 Å². The van der Waals surface area contributed by atoms with Crippen LogP contribution >= 0.6 is 0 Å². The predicted molar refractivity (Wildman–Crippen MR) is 157 cm³/mol. The fraction of sp³-hybridized carbons (Fsp3) is 0.324. The summed E-state index contributed by atoms with van der Waals surface area (Å²) in [6, 6.07) is 20.1. The Kier molecular flexibility index (Phi) is 8.99. The number of carbonyl (C=O) groups is 3. The smallest absolute Gasteiger partial charge is 0.336 e. The number of carbonyl (C=O) groups excluding carboxylic acids is 3. The number of allylic oxidation sites excluding steroid dienone is 3.